The highest BCUT2D eigenvalue weighted by molar-refractivity contribution is 5.61. The maximum atomic E-state index is 10.6. The largest absolute Gasteiger partial charge is 0.392 e. The maximum absolute atomic E-state index is 10.6. The summed E-state index contributed by atoms with van der Waals surface area (Å²) >= 11 is 0. The summed E-state index contributed by atoms with van der Waals surface area (Å²) in [5, 5.41) is 10.6. The SMILES string of the molecule is CCC1(CC)CC(C)(C)c2c1cc1c(c2CO)C(C)(C)CC1(CC)CC. The van der Waals surface area contributed by atoms with Gasteiger partial charge >= 0.3 is 0 Å². The molecule has 0 amide bonds. The molecule has 146 valence electrons. The zero-order chi connectivity index (χ0) is 19.5. The fraction of sp³-hybridized carbons (Fsp3) is 0.760. The molecular formula is C25H40O. The molecule has 1 N–H and O–H groups in total. The standard InChI is InChI=1S/C25H40O/c1-9-24(10-2)15-22(5,6)20-17(14-26)21-19(13-18(20)24)25(11-3,12-4)16-23(21,7)8/h13,26H,9-12,14-16H2,1-8H3. The van der Waals surface area contributed by atoms with E-state index >= 15 is 0 Å². The van der Waals surface area contributed by atoms with Crippen LogP contribution in [0, 0.1) is 0 Å². The van der Waals surface area contributed by atoms with Gasteiger partial charge in [-0.15, -0.1) is 0 Å². The van der Waals surface area contributed by atoms with Crippen LogP contribution in [0.4, 0.5) is 0 Å². The van der Waals surface area contributed by atoms with Crippen LogP contribution in [-0.2, 0) is 28.3 Å². The highest BCUT2D eigenvalue weighted by Crippen LogP contribution is 2.61. The van der Waals surface area contributed by atoms with Crippen LogP contribution >= 0.6 is 0 Å². The molecule has 26 heavy (non-hydrogen) atoms. The van der Waals surface area contributed by atoms with Gasteiger partial charge in [-0.1, -0.05) is 61.5 Å². The van der Waals surface area contributed by atoms with Crippen molar-refractivity contribution in [3.05, 3.63) is 33.9 Å². The molecule has 2 aliphatic carbocycles. The summed E-state index contributed by atoms with van der Waals surface area (Å²) in [5.41, 5.74) is 8.23. The predicted octanol–water partition coefficient (Wildman–Crippen LogP) is 6.66. The molecular weight excluding hydrogens is 316 g/mol. The van der Waals surface area contributed by atoms with Crippen LogP contribution in [0.25, 0.3) is 0 Å². The average Bonchev–Trinajstić information content (AvgIpc) is 2.99. The third-order valence-electron chi connectivity index (χ3n) is 8.35. The van der Waals surface area contributed by atoms with Crippen molar-refractivity contribution >= 4 is 0 Å². The second-order valence-electron chi connectivity index (χ2n) is 10.5. The molecule has 0 fully saturated rings. The monoisotopic (exact) mass is 356 g/mol. The Morgan fingerprint density at radius 2 is 1.08 bits per heavy atom. The summed E-state index contributed by atoms with van der Waals surface area (Å²) in [6.45, 7) is 19.2. The fourth-order valence-corrected chi connectivity index (χ4v) is 7.10. The minimum absolute atomic E-state index is 0.147. The average molecular weight is 357 g/mol. The van der Waals surface area contributed by atoms with Crippen LogP contribution in [-0.4, -0.2) is 5.11 Å². The van der Waals surface area contributed by atoms with E-state index in [9.17, 15) is 5.11 Å². The van der Waals surface area contributed by atoms with Gasteiger partial charge in [0.15, 0.2) is 0 Å². The van der Waals surface area contributed by atoms with Gasteiger partial charge in [-0.05, 0) is 88.0 Å². The summed E-state index contributed by atoms with van der Waals surface area (Å²) in [6, 6.07) is 2.62. The molecule has 0 saturated heterocycles. The molecule has 0 heterocycles. The van der Waals surface area contributed by atoms with E-state index in [0.717, 1.165) is 0 Å². The lowest BCUT2D eigenvalue weighted by atomic mass is 9.72. The topological polar surface area (TPSA) is 20.2 Å². The lowest BCUT2D eigenvalue weighted by Gasteiger charge is -2.32. The number of hydrogen-bond donors (Lipinski definition) is 1. The van der Waals surface area contributed by atoms with Crippen LogP contribution in [0.2, 0.25) is 0 Å². The number of aliphatic hydroxyl groups is 1. The first-order valence-corrected chi connectivity index (χ1v) is 10.9. The van der Waals surface area contributed by atoms with Crippen molar-refractivity contribution < 1.29 is 5.11 Å². The first-order chi connectivity index (χ1) is 12.1. The summed E-state index contributed by atoms with van der Waals surface area (Å²) in [4.78, 5) is 0. The molecule has 1 nitrogen and oxygen atoms in total. The molecule has 0 unspecified atom stereocenters. The van der Waals surface area contributed by atoms with Crippen molar-refractivity contribution in [2.75, 3.05) is 0 Å². The predicted molar refractivity (Wildman–Crippen MR) is 112 cm³/mol. The Bertz CT molecular complexity index is 643. The van der Waals surface area contributed by atoms with Gasteiger partial charge in [0.05, 0.1) is 6.61 Å². The Balaban J connectivity index is 2.44. The number of fused-ring (bicyclic) bond motifs is 2. The summed E-state index contributed by atoms with van der Waals surface area (Å²) in [6.07, 6.45) is 7.20. The van der Waals surface area contributed by atoms with Gasteiger partial charge < -0.3 is 5.11 Å². The molecule has 0 radical (unpaired) electrons. The van der Waals surface area contributed by atoms with Gasteiger partial charge in [-0.2, -0.15) is 0 Å². The van der Waals surface area contributed by atoms with Gasteiger partial charge in [-0.25, -0.2) is 0 Å². The Morgan fingerprint density at radius 1 is 0.731 bits per heavy atom. The number of benzene rings is 1. The smallest absolute Gasteiger partial charge is 0.0687 e. The van der Waals surface area contributed by atoms with Crippen LogP contribution in [0.3, 0.4) is 0 Å². The molecule has 0 spiro atoms. The van der Waals surface area contributed by atoms with E-state index in [1.165, 1.54) is 55.2 Å². The zero-order valence-electron chi connectivity index (χ0n) is 18.5. The highest BCUT2D eigenvalue weighted by atomic mass is 16.3. The zero-order valence-corrected chi connectivity index (χ0v) is 18.5. The van der Waals surface area contributed by atoms with Crippen molar-refractivity contribution in [3.8, 4) is 0 Å². The van der Waals surface area contributed by atoms with E-state index in [2.05, 4.69) is 61.5 Å². The Morgan fingerprint density at radius 3 is 1.35 bits per heavy atom. The fourth-order valence-electron chi connectivity index (χ4n) is 7.10. The minimum Gasteiger partial charge on any atom is -0.392 e. The lowest BCUT2D eigenvalue weighted by molar-refractivity contribution is 0.273. The van der Waals surface area contributed by atoms with Crippen LogP contribution in [0.1, 0.15) is 122 Å². The van der Waals surface area contributed by atoms with Gasteiger partial charge in [0.1, 0.15) is 0 Å². The van der Waals surface area contributed by atoms with Crippen LogP contribution in [0.5, 0.6) is 0 Å². The third kappa shape index (κ3) is 2.38. The maximum Gasteiger partial charge on any atom is 0.0687 e. The van der Waals surface area contributed by atoms with Gasteiger partial charge in [0, 0.05) is 0 Å². The van der Waals surface area contributed by atoms with Gasteiger partial charge in [-0.3, -0.25) is 0 Å². The second kappa shape index (κ2) is 6.09. The molecule has 3 rings (SSSR count). The van der Waals surface area contributed by atoms with Crippen molar-refractivity contribution in [3.63, 3.8) is 0 Å². The molecule has 2 aliphatic rings. The van der Waals surface area contributed by atoms with E-state index in [-0.39, 0.29) is 28.3 Å². The van der Waals surface area contributed by atoms with Crippen molar-refractivity contribution in [1.29, 1.82) is 0 Å². The quantitative estimate of drug-likeness (QED) is 0.625. The minimum atomic E-state index is 0.147. The number of aliphatic hydroxyl groups excluding tert-OH is 1. The van der Waals surface area contributed by atoms with Gasteiger partial charge in [0.2, 0.25) is 0 Å². The van der Waals surface area contributed by atoms with E-state index < -0.39 is 0 Å². The third-order valence-corrected chi connectivity index (χ3v) is 8.35. The van der Waals surface area contributed by atoms with Crippen molar-refractivity contribution in [1.82, 2.24) is 0 Å². The Hall–Kier alpha value is -0.820. The first kappa shape index (κ1) is 19.9. The summed E-state index contributed by atoms with van der Waals surface area (Å²) < 4.78 is 0. The van der Waals surface area contributed by atoms with Crippen LogP contribution in [0.15, 0.2) is 6.07 Å². The second-order valence-corrected chi connectivity index (χ2v) is 10.5. The number of hydrogen-bond acceptors (Lipinski definition) is 1. The molecule has 0 bridgehead atoms. The van der Waals surface area contributed by atoms with Crippen LogP contribution < -0.4 is 0 Å². The first-order valence-electron chi connectivity index (χ1n) is 10.9. The molecule has 1 aromatic rings. The molecule has 1 aromatic carbocycles. The Labute approximate surface area is 161 Å². The van der Waals surface area contributed by atoms with Crippen molar-refractivity contribution in [2.24, 2.45) is 0 Å². The lowest BCUT2D eigenvalue weighted by Crippen LogP contribution is -2.25. The Kier molecular flexibility index (Phi) is 4.67. The highest BCUT2D eigenvalue weighted by Gasteiger charge is 2.53. The van der Waals surface area contributed by atoms with Gasteiger partial charge in [0.25, 0.3) is 0 Å². The molecule has 1 heteroatoms. The molecule has 0 aliphatic heterocycles. The summed E-state index contributed by atoms with van der Waals surface area (Å²) in [5.74, 6) is 0. The van der Waals surface area contributed by atoms with E-state index in [4.69, 9.17) is 0 Å². The van der Waals surface area contributed by atoms with Crippen molar-refractivity contribution in [2.45, 2.75) is 122 Å². The normalized spacial score (nSPS) is 23.7. The molecule has 0 atom stereocenters. The molecule has 0 aromatic heterocycles. The van der Waals surface area contributed by atoms with E-state index in [0.29, 0.717) is 0 Å². The van der Waals surface area contributed by atoms with E-state index in [1.54, 1.807) is 11.1 Å². The molecule has 0 saturated carbocycles. The van der Waals surface area contributed by atoms with E-state index in [1.807, 2.05) is 0 Å². The number of rotatable bonds is 5. The summed E-state index contributed by atoms with van der Waals surface area (Å²) in [7, 11) is 0.